The Labute approximate surface area is 92.7 Å². The molecule has 0 aromatic carbocycles. The number of aliphatic hydroxyl groups excluding tert-OH is 1. The molecule has 3 fully saturated rings. The molecule has 1 saturated heterocycles. The number of aliphatic hydroxyl groups is 1. The molecule has 2 heteroatoms. The smallest absolute Gasteiger partial charge is 0.0499 e. The van der Waals surface area contributed by atoms with Gasteiger partial charge in [-0.25, -0.2) is 0 Å². The van der Waals surface area contributed by atoms with Crippen molar-refractivity contribution in [2.24, 2.45) is 11.3 Å². The quantitative estimate of drug-likeness (QED) is 0.768. The summed E-state index contributed by atoms with van der Waals surface area (Å²) in [5.41, 5.74) is 0.282. The Morgan fingerprint density at radius 2 is 2.00 bits per heavy atom. The van der Waals surface area contributed by atoms with Gasteiger partial charge in [0.2, 0.25) is 0 Å². The molecule has 1 aliphatic heterocycles. The fourth-order valence-electron chi connectivity index (χ4n) is 4.14. The van der Waals surface area contributed by atoms with E-state index in [9.17, 15) is 5.11 Å². The zero-order valence-electron chi connectivity index (χ0n) is 9.62. The SMILES string of the molecule is OCC1(CN2CC3CCC2C3)CCCC1. The van der Waals surface area contributed by atoms with E-state index in [2.05, 4.69) is 4.90 Å². The molecule has 2 atom stereocenters. The van der Waals surface area contributed by atoms with Crippen LogP contribution in [0.15, 0.2) is 0 Å². The van der Waals surface area contributed by atoms with E-state index in [1.54, 1.807) is 0 Å². The lowest BCUT2D eigenvalue weighted by atomic mass is 9.86. The molecule has 2 aliphatic carbocycles. The van der Waals surface area contributed by atoms with E-state index < -0.39 is 0 Å². The largest absolute Gasteiger partial charge is 0.396 e. The average Bonchev–Trinajstić information content (AvgIpc) is 2.93. The number of likely N-dealkylation sites (tertiary alicyclic amines) is 1. The zero-order chi connectivity index (χ0) is 10.3. The van der Waals surface area contributed by atoms with Crippen molar-refractivity contribution >= 4 is 0 Å². The third-order valence-electron chi connectivity index (χ3n) is 5.06. The fraction of sp³-hybridized carbons (Fsp3) is 1.00. The Hall–Kier alpha value is -0.0800. The number of nitrogens with zero attached hydrogens (tertiary/aromatic N) is 1. The number of hydrogen-bond donors (Lipinski definition) is 1. The molecule has 86 valence electrons. The van der Waals surface area contributed by atoms with Gasteiger partial charge < -0.3 is 5.11 Å². The van der Waals surface area contributed by atoms with Crippen LogP contribution < -0.4 is 0 Å². The normalized spacial score (nSPS) is 39.0. The van der Waals surface area contributed by atoms with Crippen LogP contribution in [-0.4, -0.2) is 35.7 Å². The van der Waals surface area contributed by atoms with Crippen molar-refractivity contribution in [1.82, 2.24) is 4.90 Å². The predicted molar refractivity (Wildman–Crippen MR) is 60.7 cm³/mol. The second kappa shape index (κ2) is 3.74. The molecule has 2 unspecified atom stereocenters. The van der Waals surface area contributed by atoms with Gasteiger partial charge in [0, 0.05) is 31.2 Å². The summed E-state index contributed by atoms with van der Waals surface area (Å²) < 4.78 is 0. The van der Waals surface area contributed by atoms with Crippen LogP contribution >= 0.6 is 0 Å². The molecule has 3 rings (SSSR count). The molecule has 0 amide bonds. The van der Waals surface area contributed by atoms with Gasteiger partial charge in [0.1, 0.15) is 0 Å². The third kappa shape index (κ3) is 1.72. The van der Waals surface area contributed by atoms with Gasteiger partial charge in [-0.15, -0.1) is 0 Å². The van der Waals surface area contributed by atoms with Crippen LogP contribution in [0.4, 0.5) is 0 Å². The van der Waals surface area contributed by atoms with Gasteiger partial charge in [0.25, 0.3) is 0 Å². The predicted octanol–water partition coefficient (Wildman–Crippen LogP) is 2.02. The van der Waals surface area contributed by atoms with Gasteiger partial charge in [-0.1, -0.05) is 12.8 Å². The minimum Gasteiger partial charge on any atom is -0.396 e. The summed E-state index contributed by atoms with van der Waals surface area (Å²) in [6.45, 7) is 2.93. The highest BCUT2D eigenvalue weighted by molar-refractivity contribution is 4.96. The molecule has 2 bridgehead atoms. The summed E-state index contributed by atoms with van der Waals surface area (Å²) in [5.74, 6) is 0.993. The molecule has 0 aromatic heterocycles. The Bertz CT molecular complexity index is 235. The van der Waals surface area contributed by atoms with Gasteiger partial charge in [-0.2, -0.15) is 0 Å². The Balaban J connectivity index is 1.64. The molecule has 15 heavy (non-hydrogen) atoms. The van der Waals surface area contributed by atoms with Crippen LogP contribution in [0.2, 0.25) is 0 Å². The third-order valence-corrected chi connectivity index (χ3v) is 5.06. The number of piperidine rings is 1. The minimum absolute atomic E-state index is 0.282. The summed E-state index contributed by atoms with van der Waals surface area (Å²) >= 11 is 0. The second-order valence-electron chi connectivity index (χ2n) is 6.13. The molecule has 0 spiro atoms. The Morgan fingerprint density at radius 1 is 1.20 bits per heavy atom. The van der Waals surface area contributed by atoms with Crippen molar-refractivity contribution in [1.29, 1.82) is 0 Å². The molecule has 0 aromatic rings. The average molecular weight is 209 g/mol. The number of hydrogen-bond acceptors (Lipinski definition) is 2. The van der Waals surface area contributed by atoms with Crippen LogP contribution in [0.5, 0.6) is 0 Å². The van der Waals surface area contributed by atoms with Crippen molar-refractivity contribution in [2.75, 3.05) is 19.7 Å². The summed E-state index contributed by atoms with van der Waals surface area (Å²) in [6.07, 6.45) is 9.53. The summed E-state index contributed by atoms with van der Waals surface area (Å²) in [4.78, 5) is 2.69. The van der Waals surface area contributed by atoms with Gasteiger partial charge in [0.05, 0.1) is 0 Å². The maximum atomic E-state index is 9.62. The van der Waals surface area contributed by atoms with Crippen LogP contribution in [0, 0.1) is 11.3 Å². The summed E-state index contributed by atoms with van der Waals surface area (Å²) in [6, 6.07) is 0.874. The van der Waals surface area contributed by atoms with Crippen molar-refractivity contribution in [3.63, 3.8) is 0 Å². The van der Waals surface area contributed by atoms with E-state index in [4.69, 9.17) is 0 Å². The first kappa shape index (κ1) is 10.1. The first-order chi connectivity index (χ1) is 7.31. The van der Waals surface area contributed by atoms with Crippen molar-refractivity contribution < 1.29 is 5.11 Å². The maximum absolute atomic E-state index is 9.62. The van der Waals surface area contributed by atoms with Gasteiger partial charge >= 0.3 is 0 Å². The van der Waals surface area contributed by atoms with Crippen LogP contribution in [-0.2, 0) is 0 Å². The van der Waals surface area contributed by atoms with Gasteiger partial charge in [-0.05, 0) is 38.0 Å². The molecular formula is C13H23NO. The standard InChI is InChI=1S/C13H23NO/c15-10-13(5-1-2-6-13)9-14-8-11-3-4-12(14)7-11/h11-12,15H,1-10H2. The zero-order valence-corrected chi connectivity index (χ0v) is 9.62. The van der Waals surface area contributed by atoms with E-state index in [1.165, 1.54) is 58.0 Å². The first-order valence-corrected chi connectivity index (χ1v) is 6.66. The fourth-order valence-corrected chi connectivity index (χ4v) is 4.14. The Morgan fingerprint density at radius 3 is 2.53 bits per heavy atom. The maximum Gasteiger partial charge on any atom is 0.0499 e. The lowest BCUT2D eigenvalue weighted by molar-refractivity contribution is 0.0641. The van der Waals surface area contributed by atoms with E-state index in [0.29, 0.717) is 6.61 Å². The number of fused-ring (bicyclic) bond motifs is 2. The molecule has 2 nitrogen and oxygen atoms in total. The highest BCUT2D eigenvalue weighted by atomic mass is 16.3. The summed E-state index contributed by atoms with van der Waals surface area (Å²) in [7, 11) is 0. The van der Waals surface area contributed by atoms with Crippen molar-refractivity contribution in [2.45, 2.75) is 51.0 Å². The Kier molecular flexibility index (Phi) is 2.52. The minimum atomic E-state index is 0.282. The van der Waals surface area contributed by atoms with Crippen LogP contribution in [0.3, 0.4) is 0 Å². The molecule has 3 aliphatic rings. The van der Waals surface area contributed by atoms with Gasteiger partial charge in [-0.3, -0.25) is 4.90 Å². The van der Waals surface area contributed by atoms with Crippen molar-refractivity contribution in [3.8, 4) is 0 Å². The van der Waals surface area contributed by atoms with E-state index in [1.807, 2.05) is 0 Å². The lowest BCUT2D eigenvalue weighted by Crippen LogP contribution is -2.42. The van der Waals surface area contributed by atoms with E-state index in [0.717, 1.165) is 12.0 Å². The molecule has 1 N–H and O–H groups in total. The molecule has 0 radical (unpaired) electrons. The summed E-state index contributed by atoms with van der Waals surface area (Å²) in [5, 5.41) is 9.62. The molecule has 2 saturated carbocycles. The monoisotopic (exact) mass is 209 g/mol. The van der Waals surface area contributed by atoms with Crippen LogP contribution in [0.25, 0.3) is 0 Å². The molecule has 1 heterocycles. The van der Waals surface area contributed by atoms with Gasteiger partial charge in [0.15, 0.2) is 0 Å². The van der Waals surface area contributed by atoms with Crippen LogP contribution in [0.1, 0.15) is 44.9 Å². The van der Waals surface area contributed by atoms with Crippen molar-refractivity contribution in [3.05, 3.63) is 0 Å². The topological polar surface area (TPSA) is 23.5 Å². The molecular weight excluding hydrogens is 186 g/mol. The lowest BCUT2D eigenvalue weighted by Gasteiger charge is -2.36. The highest BCUT2D eigenvalue weighted by Crippen LogP contribution is 2.43. The second-order valence-corrected chi connectivity index (χ2v) is 6.13. The van der Waals surface area contributed by atoms with E-state index >= 15 is 0 Å². The highest BCUT2D eigenvalue weighted by Gasteiger charge is 2.42. The number of rotatable bonds is 3. The van der Waals surface area contributed by atoms with E-state index in [-0.39, 0.29) is 5.41 Å². The first-order valence-electron chi connectivity index (χ1n) is 6.66.